The third kappa shape index (κ3) is 5.15. The number of rotatable bonds is 6. The lowest BCUT2D eigenvalue weighted by Crippen LogP contribution is -2.38. The van der Waals surface area contributed by atoms with Gasteiger partial charge in [0.2, 0.25) is 0 Å². The molecule has 1 aromatic heterocycles. The van der Waals surface area contributed by atoms with Crippen LogP contribution < -0.4 is 10.6 Å². The highest BCUT2D eigenvalue weighted by atomic mass is 16.3. The number of amides is 2. The number of carbonyl (C=O) groups excluding carboxylic acids is 1. The molecular formula is C11H21N5O2. The Bertz CT molecular complexity index is 377. The Hall–Kier alpha value is -1.60. The predicted molar refractivity (Wildman–Crippen MR) is 69.5 cm³/mol. The van der Waals surface area contributed by atoms with Gasteiger partial charge in [-0.3, -0.25) is 10.00 Å². The molecule has 0 aliphatic carbocycles. The first kappa shape index (κ1) is 14.5. The maximum atomic E-state index is 11.5. The minimum Gasteiger partial charge on any atom is -0.394 e. The van der Waals surface area contributed by atoms with Gasteiger partial charge < -0.3 is 15.3 Å². The van der Waals surface area contributed by atoms with Crippen molar-refractivity contribution in [3.63, 3.8) is 0 Å². The monoisotopic (exact) mass is 255 g/mol. The fraction of sp³-hybridized carbons (Fsp3) is 0.636. The van der Waals surface area contributed by atoms with E-state index in [1.807, 2.05) is 20.3 Å². The number of nitrogens with one attached hydrogen (secondary N) is 2. The zero-order chi connectivity index (χ0) is 13.5. The van der Waals surface area contributed by atoms with Gasteiger partial charge in [0.05, 0.1) is 19.2 Å². The van der Waals surface area contributed by atoms with Gasteiger partial charge in [-0.15, -0.1) is 0 Å². The Morgan fingerprint density at radius 2 is 2.33 bits per heavy atom. The molecule has 0 bridgehead atoms. The molecule has 18 heavy (non-hydrogen) atoms. The van der Waals surface area contributed by atoms with Crippen LogP contribution in [0.3, 0.4) is 0 Å². The zero-order valence-corrected chi connectivity index (χ0v) is 11.1. The van der Waals surface area contributed by atoms with Crippen LogP contribution in [0.25, 0.3) is 0 Å². The summed E-state index contributed by atoms with van der Waals surface area (Å²) in [4.78, 5) is 13.5. The van der Waals surface area contributed by atoms with Crippen LogP contribution in [-0.2, 0) is 6.54 Å². The molecule has 0 aliphatic rings. The van der Waals surface area contributed by atoms with E-state index < -0.39 is 0 Å². The molecule has 1 atom stereocenters. The van der Waals surface area contributed by atoms with Crippen LogP contribution in [-0.4, -0.2) is 59.1 Å². The van der Waals surface area contributed by atoms with Crippen molar-refractivity contribution in [2.75, 3.05) is 32.6 Å². The first-order valence-electron chi connectivity index (χ1n) is 5.88. The molecule has 2 amide bonds. The molecular weight excluding hydrogens is 234 g/mol. The SMILES string of the molecule is CC(CO)NC(=O)Nc1ccn(CCN(C)C)n1. The Labute approximate surface area is 107 Å². The molecule has 0 saturated heterocycles. The van der Waals surface area contributed by atoms with Gasteiger partial charge >= 0.3 is 6.03 Å². The third-order valence-corrected chi connectivity index (χ3v) is 2.31. The van der Waals surface area contributed by atoms with Crippen molar-refractivity contribution in [3.05, 3.63) is 12.3 Å². The summed E-state index contributed by atoms with van der Waals surface area (Å²) in [5.41, 5.74) is 0. The minimum absolute atomic E-state index is 0.0926. The molecule has 0 aliphatic heterocycles. The molecule has 0 spiro atoms. The van der Waals surface area contributed by atoms with Gasteiger partial charge in [0.15, 0.2) is 5.82 Å². The molecule has 3 N–H and O–H groups in total. The van der Waals surface area contributed by atoms with E-state index in [9.17, 15) is 4.79 Å². The summed E-state index contributed by atoms with van der Waals surface area (Å²) in [6, 6.07) is 1.09. The van der Waals surface area contributed by atoms with E-state index in [4.69, 9.17) is 5.11 Å². The van der Waals surface area contributed by atoms with Gasteiger partial charge in [0.25, 0.3) is 0 Å². The number of nitrogens with zero attached hydrogens (tertiary/aromatic N) is 3. The van der Waals surface area contributed by atoms with Gasteiger partial charge in [-0.05, 0) is 21.0 Å². The van der Waals surface area contributed by atoms with E-state index >= 15 is 0 Å². The second-order valence-corrected chi connectivity index (χ2v) is 4.45. The van der Waals surface area contributed by atoms with Crippen molar-refractivity contribution < 1.29 is 9.90 Å². The summed E-state index contributed by atoms with van der Waals surface area (Å²) in [6.07, 6.45) is 1.81. The summed E-state index contributed by atoms with van der Waals surface area (Å²) >= 11 is 0. The number of likely N-dealkylation sites (N-methyl/N-ethyl adjacent to an activating group) is 1. The highest BCUT2D eigenvalue weighted by Crippen LogP contribution is 2.02. The Morgan fingerprint density at radius 3 is 2.94 bits per heavy atom. The van der Waals surface area contributed by atoms with E-state index in [-0.39, 0.29) is 18.7 Å². The summed E-state index contributed by atoms with van der Waals surface area (Å²) in [5, 5.41) is 18.2. The minimum atomic E-state index is -0.366. The zero-order valence-electron chi connectivity index (χ0n) is 11.1. The normalized spacial score (nSPS) is 12.5. The Kier molecular flexibility index (Phi) is 5.60. The van der Waals surface area contributed by atoms with Gasteiger partial charge in [-0.1, -0.05) is 0 Å². The average Bonchev–Trinajstić information content (AvgIpc) is 2.73. The maximum absolute atomic E-state index is 11.5. The Morgan fingerprint density at radius 1 is 1.61 bits per heavy atom. The molecule has 1 heterocycles. The van der Waals surface area contributed by atoms with Crippen molar-refractivity contribution in [3.8, 4) is 0 Å². The highest BCUT2D eigenvalue weighted by Gasteiger charge is 2.07. The average molecular weight is 255 g/mol. The molecule has 0 radical (unpaired) electrons. The van der Waals surface area contributed by atoms with Crippen LogP contribution >= 0.6 is 0 Å². The van der Waals surface area contributed by atoms with E-state index in [2.05, 4.69) is 20.6 Å². The van der Waals surface area contributed by atoms with Gasteiger partial charge in [-0.2, -0.15) is 5.10 Å². The third-order valence-electron chi connectivity index (χ3n) is 2.31. The fourth-order valence-corrected chi connectivity index (χ4v) is 1.28. The second kappa shape index (κ2) is 6.97. The standard InChI is InChI=1S/C11H21N5O2/c1-9(8-17)12-11(18)13-10-4-5-16(14-10)7-6-15(2)3/h4-5,9,17H,6-8H2,1-3H3,(H2,12,13,14,18). The van der Waals surface area contributed by atoms with Crippen LogP contribution in [0.15, 0.2) is 12.3 Å². The lowest BCUT2D eigenvalue weighted by Gasteiger charge is -2.10. The maximum Gasteiger partial charge on any atom is 0.320 e. The summed E-state index contributed by atoms with van der Waals surface area (Å²) < 4.78 is 1.77. The number of aliphatic hydroxyl groups excluding tert-OH is 1. The number of aliphatic hydroxyl groups is 1. The first-order chi connectivity index (χ1) is 8.51. The van der Waals surface area contributed by atoms with Crippen LogP contribution in [0.4, 0.5) is 10.6 Å². The molecule has 7 heteroatoms. The lowest BCUT2D eigenvalue weighted by molar-refractivity contribution is 0.229. The summed E-state index contributed by atoms with van der Waals surface area (Å²) in [6.45, 7) is 3.28. The molecule has 0 aromatic carbocycles. The molecule has 1 unspecified atom stereocenters. The van der Waals surface area contributed by atoms with Crippen LogP contribution in [0, 0.1) is 0 Å². The molecule has 1 rings (SSSR count). The van der Waals surface area contributed by atoms with E-state index in [0.29, 0.717) is 5.82 Å². The molecule has 0 saturated carbocycles. The molecule has 102 valence electrons. The number of urea groups is 1. The Balaban J connectivity index is 2.41. The number of hydrogen-bond donors (Lipinski definition) is 3. The molecule has 7 nitrogen and oxygen atoms in total. The van der Waals surface area contributed by atoms with Gasteiger partial charge in [0, 0.05) is 18.8 Å². The predicted octanol–water partition coefficient (Wildman–Crippen LogP) is -0.0530. The lowest BCUT2D eigenvalue weighted by atomic mass is 10.4. The fourth-order valence-electron chi connectivity index (χ4n) is 1.28. The largest absolute Gasteiger partial charge is 0.394 e. The number of hydrogen-bond acceptors (Lipinski definition) is 4. The van der Waals surface area contributed by atoms with Crippen LogP contribution in [0.2, 0.25) is 0 Å². The first-order valence-corrected chi connectivity index (χ1v) is 5.88. The van der Waals surface area contributed by atoms with Crippen LogP contribution in [0.1, 0.15) is 6.92 Å². The van der Waals surface area contributed by atoms with Crippen LogP contribution in [0.5, 0.6) is 0 Å². The second-order valence-electron chi connectivity index (χ2n) is 4.45. The quantitative estimate of drug-likeness (QED) is 0.665. The van der Waals surface area contributed by atoms with E-state index in [0.717, 1.165) is 13.1 Å². The summed E-state index contributed by atoms with van der Waals surface area (Å²) in [5.74, 6) is 0.497. The highest BCUT2D eigenvalue weighted by molar-refractivity contribution is 5.88. The van der Waals surface area contributed by atoms with Crippen molar-refractivity contribution in [1.29, 1.82) is 0 Å². The topological polar surface area (TPSA) is 82.4 Å². The van der Waals surface area contributed by atoms with Crippen molar-refractivity contribution in [1.82, 2.24) is 20.0 Å². The van der Waals surface area contributed by atoms with Crippen molar-refractivity contribution >= 4 is 11.8 Å². The number of aromatic nitrogens is 2. The van der Waals surface area contributed by atoms with E-state index in [1.54, 1.807) is 17.7 Å². The number of anilines is 1. The van der Waals surface area contributed by atoms with Crippen molar-refractivity contribution in [2.45, 2.75) is 19.5 Å². The van der Waals surface area contributed by atoms with E-state index in [1.165, 1.54) is 0 Å². The smallest absolute Gasteiger partial charge is 0.320 e. The number of carbonyl (C=O) groups is 1. The van der Waals surface area contributed by atoms with Gasteiger partial charge in [-0.25, -0.2) is 4.79 Å². The molecule has 0 fully saturated rings. The van der Waals surface area contributed by atoms with Gasteiger partial charge in [0.1, 0.15) is 0 Å². The summed E-state index contributed by atoms with van der Waals surface area (Å²) in [7, 11) is 3.98. The molecule has 1 aromatic rings. The van der Waals surface area contributed by atoms with Crippen molar-refractivity contribution in [2.24, 2.45) is 0 Å².